The molecule has 0 aliphatic carbocycles. The third-order valence-corrected chi connectivity index (χ3v) is 9.08. The maximum atomic E-state index is 15.0. The molecule has 5 heterocycles. The fourth-order valence-corrected chi connectivity index (χ4v) is 6.35. The first-order valence-electron chi connectivity index (χ1n) is 12.8. The number of fused-ring (bicyclic) bond motifs is 2. The molecule has 2 aromatic heterocycles. The largest absolute Gasteiger partial charge is 0.456 e. The lowest BCUT2D eigenvalue weighted by Gasteiger charge is -2.24. The maximum absolute atomic E-state index is 15.0. The van der Waals surface area contributed by atoms with Gasteiger partial charge in [-0.1, -0.05) is 17.7 Å². The Labute approximate surface area is 234 Å². The number of aliphatic hydroxyl groups is 1. The fraction of sp³-hybridized carbons (Fsp3) is 0.462. The summed E-state index contributed by atoms with van der Waals surface area (Å²) in [6.07, 6.45) is 1.39. The summed E-state index contributed by atoms with van der Waals surface area (Å²) in [6, 6.07) is 4.38. The quantitative estimate of drug-likeness (QED) is 0.426. The number of H-pyrrole nitrogens is 1. The summed E-state index contributed by atoms with van der Waals surface area (Å²) in [7, 11) is -3.32. The molecule has 2 saturated heterocycles. The zero-order chi connectivity index (χ0) is 28.2. The second kappa shape index (κ2) is 10.6. The van der Waals surface area contributed by atoms with Gasteiger partial charge in [0, 0.05) is 18.7 Å². The number of aliphatic hydroxyl groups excluding tert-OH is 1. The minimum absolute atomic E-state index is 0.0208. The second-order valence-electron chi connectivity index (χ2n) is 10.2. The molecule has 0 spiro atoms. The van der Waals surface area contributed by atoms with Gasteiger partial charge in [-0.2, -0.15) is 9.29 Å². The monoisotopic (exact) mass is 596 g/mol. The number of nitrogens with zero attached hydrogens (tertiary/aromatic N) is 3. The highest BCUT2D eigenvalue weighted by molar-refractivity contribution is 7.88. The van der Waals surface area contributed by atoms with Crippen LogP contribution < -0.4 is 4.74 Å². The Morgan fingerprint density at radius 1 is 1.15 bits per heavy atom. The summed E-state index contributed by atoms with van der Waals surface area (Å²) in [5.41, 5.74) is 2.30. The molecular formula is C26H27ClF2N4O6S. The van der Waals surface area contributed by atoms with Crippen molar-refractivity contribution in [3.05, 3.63) is 57.8 Å². The number of halogens is 3. The number of sulfonamides is 1. The lowest BCUT2D eigenvalue weighted by Crippen LogP contribution is -2.34. The average Bonchev–Trinajstić information content (AvgIpc) is 3.59. The van der Waals surface area contributed by atoms with Gasteiger partial charge in [0.2, 0.25) is 10.0 Å². The third kappa shape index (κ3) is 5.33. The standard InChI is InChI=1S/C26H27ClF2N4O6S/c1-40(35,36)33-6-4-13(5-7-33)14-8-17(28)15(18(29)9-14)2-3-19-16(27)10-20-25(30-19)32-26(31-20)39-22-12-38-23-21(34)11-37-24(22)23/h4,8-10,21-24,34H,2-3,5-7,11-12H2,1H3,(H,30,31,32)/t21-,22-,23-,24-/m1/s1. The molecule has 40 heavy (non-hydrogen) atoms. The van der Waals surface area contributed by atoms with Crippen LogP contribution in [0.1, 0.15) is 23.2 Å². The molecule has 3 aliphatic rings. The number of aryl methyl sites for hydroxylation is 1. The van der Waals surface area contributed by atoms with Crippen LogP contribution in [0.15, 0.2) is 24.3 Å². The molecule has 2 N–H and O–H groups in total. The third-order valence-electron chi connectivity index (χ3n) is 7.49. The molecule has 10 nitrogen and oxygen atoms in total. The van der Waals surface area contributed by atoms with E-state index in [9.17, 15) is 13.5 Å². The zero-order valence-corrected chi connectivity index (χ0v) is 23.0. The van der Waals surface area contributed by atoms with Crippen LogP contribution in [-0.4, -0.2) is 89.8 Å². The molecule has 0 bridgehead atoms. The number of rotatable bonds is 7. The first-order valence-corrected chi connectivity index (χ1v) is 15.0. The molecule has 1 aromatic carbocycles. The number of pyridine rings is 1. The van der Waals surface area contributed by atoms with Crippen LogP contribution in [0.2, 0.25) is 5.02 Å². The van der Waals surface area contributed by atoms with Crippen LogP contribution in [0.4, 0.5) is 8.78 Å². The molecule has 2 fully saturated rings. The number of imidazole rings is 1. The van der Waals surface area contributed by atoms with Crippen LogP contribution in [0.25, 0.3) is 16.7 Å². The molecule has 14 heteroatoms. The van der Waals surface area contributed by atoms with Crippen LogP contribution in [-0.2, 0) is 32.3 Å². The van der Waals surface area contributed by atoms with Crippen molar-refractivity contribution in [2.24, 2.45) is 0 Å². The van der Waals surface area contributed by atoms with Gasteiger partial charge >= 0.3 is 0 Å². The second-order valence-corrected chi connectivity index (χ2v) is 12.6. The van der Waals surface area contributed by atoms with Gasteiger partial charge in [0.15, 0.2) is 11.8 Å². The highest BCUT2D eigenvalue weighted by atomic mass is 35.5. The summed E-state index contributed by atoms with van der Waals surface area (Å²) < 4.78 is 71.8. The average molecular weight is 597 g/mol. The van der Waals surface area contributed by atoms with Gasteiger partial charge in [-0.3, -0.25) is 0 Å². The van der Waals surface area contributed by atoms with Crippen molar-refractivity contribution in [1.82, 2.24) is 19.3 Å². The molecule has 0 radical (unpaired) electrons. The summed E-state index contributed by atoms with van der Waals surface area (Å²) in [5, 5.41) is 10.2. The van der Waals surface area contributed by atoms with E-state index in [4.69, 9.17) is 25.8 Å². The number of ether oxygens (including phenoxy) is 3. The van der Waals surface area contributed by atoms with E-state index in [1.54, 1.807) is 12.1 Å². The smallest absolute Gasteiger partial charge is 0.296 e. The van der Waals surface area contributed by atoms with Gasteiger partial charge in [0.05, 0.1) is 35.7 Å². The predicted molar refractivity (Wildman–Crippen MR) is 142 cm³/mol. The Kier molecular flexibility index (Phi) is 7.30. The van der Waals surface area contributed by atoms with Gasteiger partial charge in [-0.05, 0) is 48.6 Å². The highest BCUT2D eigenvalue weighted by Crippen LogP contribution is 2.31. The normalized spacial score (nSPS) is 25.4. The van der Waals surface area contributed by atoms with Gasteiger partial charge in [-0.25, -0.2) is 22.2 Å². The molecule has 0 amide bonds. The first kappa shape index (κ1) is 27.5. The van der Waals surface area contributed by atoms with E-state index in [1.165, 1.54) is 16.4 Å². The van der Waals surface area contributed by atoms with Crippen molar-refractivity contribution in [3.63, 3.8) is 0 Å². The van der Waals surface area contributed by atoms with E-state index in [1.807, 2.05) is 0 Å². The van der Waals surface area contributed by atoms with Crippen molar-refractivity contribution < 1.29 is 36.5 Å². The Bertz CT molecular complexity index is 1580. The van der Waals surface area contributed by atoms with Crippen molar-refractivity contribution in [2.75, 3.05) is 32.6 Å². The topological polar surface area (TPSA) is 127 Å². The lowest BCUT2D eigenvalue weighted by atomic mass is 9.97. The minimum Gasteiger partial charge on any atom is -0.456 e. The van der Waals surface area contributed by atoms with Crippen LogP contribution in [0.5, 0.6) is 6.01 Å². The SMILES string of the molecule is CS(=O)(=O)N1CC=C(c2cc(F)c(CCc3nc4nc(O[C@@H]5CO[C@H]6[C@@H]5OC[C@H]6O)[nH]c4cc3Cl)c(F)c2)CC1. The van der Waals surface area contributed by atoms with Gasteiger partial charge in [-0.15, -0.1) is 0 Å². The van der Waals surface area contributed by atoms with Crippen LogP contribution in [0.3, 0.4) is 0 Å². The first-order chi connectivity index (χ1) is 19.1. The lowest BCUT2D eigenvalue weighted by molar-refractivity contribution is 0.00706. The van der Waals surface area contributed by atoms with E-state index in [-0.39, 0.29) is 50.7 Å². The van der Waals surface area contributed by atoms with Crippen molar-refractivity contribution >= 4 is 38.4 Å². The minimum atomic E-state index is -3.32. The molecule has 6 rings (SSSR count). The predicted octanol–water partition coefficient (Wildman–Crippen LogP) is 2.63. The Balaban J connectivity index is 1.14. The number of hydrogen-bond donors (Lipinski definition) is 2. The number of hydrogen-bond acceptors (Lipinski definition) is 8. The van der Waals surface area contributed by atoms with Gasteiger partial charge < -0.3 is 24.3 Å². The molecule has 3 aliphatic heterocycles. The fourth-order valence-electron chi connectivity index (χ4n) is 5.34. The van der Waals surface area contributed by atoms with Gasteiger partial charge in [0.25, 0.3) is 6.01 Å². The molecule has 0 unspecified atom stereocenters. The summed E-state index contributed by atoms with van der Waals surface area (Å²) in [4.78, 5) is 11.9. The van der Waals surface area contributed by atoms with Crippen molar-refractivity contribution in [2.45, 2.75) is 43.7 Å². The molecule has 214 valence electrons. The van der Waals surface area contributed by atoms with Crippen LogP contribution >= 0.6 is 11.6 Å². The number of nitrogens with one attached hydrogen (secondary N) is 1. The molecule has 3 aromatic rings. The van der Waals surface area contributed by atoms with E-state index in [0.29, 0.717) is 39.4 Å². The van der Waals surface area contributed by atoms with Crippen molar-refractivity contribution in [3.8, 4) is 6.01 Å². The maximum Gasteiger partial charge on any atom is 0.296 e. The molecule has 4 atom stereocenters. The summed E-state index contributed by atoms with van der Waals surface area (Å²) in [5.74, 6) is -1.38. The summed E-state index contributed by atoms with van der Waals surface area (Å²) >= 11 is 6.43. The van der Waals surface area contributed by atoms with Crippen molar-refractivity contribution in [1.29, 1.82) is 0 Å². The van der Waals surface area contributed by atoms with E-state index in [0.717, 1.165) is 6.26 Å². The van der Waals surface area contributed by atoms with E-state index < -0.39 is 46.1 Å². The number of aromatic amines is 1. The highest BCUT2D eigenvalue weighted by Gasteiger charge is 2.48. The number of aromatic nitrogens is 3. The zero-order valence-electron chi connectivity index (χ0n) is 21.4. The Morgan fingerprint density at radius 3 is 2.60 bits per heavy atom. The van der Waals surface area contributed by atoms with E-state index >= 15 is 8.78 Å². The Morgan fingerprint density at radius 2 is 1.90 bits per heavy atom. The Hall–Kier alpha value is -2.68. The van der Waals surface area contributed by atoms with Gasteiger partial charge in [0.1, 0.15) is 29.9 Å². The number of benzene rings is 1. The van der Waals surface area contributed by atoms with Crippen LogP contribution in [0, 0.1) is 11.6 Å². The molecular weight excluding hydrogens is 570 g/mol. The molecule has 0 saturated carbocycles. The summed E-state index contributed by atoms with van der Waals surface area (Å²) in [6.45, 7) is 0.851. The van der Waals surface area contributed by atoms with E-state index in [2.05, 4.69) is 15.0 Å².